The van der Waals surface area contributed by atoms with Gasteiger partial charge in [0.25, 0.3) is 0 Å². The van der Waals surface area contributed by atoms with E-state index >= 15 is 0 Å². The van der Waals surface area contributed by atoms with Crippen LogP contribution in [-0.4, -0.2) is 25.6 Å². The van der Waals surface area contributed by atoms with Gasteiger partial charge < -0.3 is 18.8 Å². The Balaban J connectivity index is 1.80. The summed E-state index contributed by atoms with van der Waals surface area (Å²) in [5, 5.41) is 3.31. The normalized spacial score (nSPS) is 11.1. The molecule has 29 heavy (non-hydrogen) atoms. The smallest absolute Gasteiger partial charge is 0.322 e. The second kappa shape index (κ2) is 9.02. The summed E-state index contributed by atoms with van der Waals surface area (Å²) in [5.74, 6) is 0.785. The lowest BCUT2D eigenvalue weighted by atomic mass is 10.2. The minimum atomic E-state index is -3.64. The molecule has 0 fully saturated rings. The second-order valence-corrected chi connectivity index (χ2v) is 8.32. The van der Waals surface area contributed by atoms with Crippen LogP contribution in [0.15, 0.2) is 71.3 Å². The predicted molar refractivity (Wildman–Crippen MR) is 110 cm³/mol. The summed E-state index contributed by atoms with van der Waals surface area (Å²) in [5.41, 5.74) is 1.25. The van der Waals surface area contributed by atoms with Gasteiger partial charge in [0.2, 0.25) is 0 Å². The highest BCUT2D eigenvalue weighted by Crippen LogP contribution is 2.20. The predicted octanol–water partition coefficient (Wildman–Crippen LogP) is 4.51. The van der Waals surface area contributed by atoms with Gasteiger partial charge in [-0.1, -0.05) is 29.8 Å². The number of urea groups is 1. The third-order valence-corrected chi connectivity index (χ3v) is 4.54. The Kier molecular flexibility index (Phi) is 6.46. The van der Waals surface area contributed by atoms with Crippen LogP contribution in [0.2, 0.25) is 5.02 Å². The number of hydrogen-bond donors (Lipinski definition) is 1. The lowest BCUT2D eigenvalue weighted by Crippen LogP contribution is -2.34. The zero-order chi connectivity index (χ0) is 20.9. The Hall–Kier alpha value is -2.97. The van der Waals surface area contributed by atoms with E-state index in [1.54, 1.807) is 54.6 Å². The van der Waals surface area contributed by atoms with Crippen LogP contribution in [0.5, 0.6) is 5.75 Å². The summed E-state index contributed by atoms with van der Waals surface area (Å²) >= 11 is 5.98. The summed E-state index contributed by atoms with van der Waals surface area (Å²) in [6.45, 7) is 0.421. The van der Waals surface area contributed by atoms with Crippen molar-refractivity contribution in [1.29, 1.82) is 0 Å². The van der Waals surface area contributed by atoms with Gasteiger partial charge in [-0.25, -0.2) is 4.79 Å². The number of nitrogens with one attached hydrogen (secondary N) is 1. The molecule has 0 aliphatic heterocycles. The molecule has 0 aliphatic carbocycles. The van der Waals surface area contributed by atoms with Gasteiger partial charge in [0.15, 0.2) is 0 Å². The van der Waals surface area contributed by atoms with Gasteiger partial charge in [-0.15, -0.1) is 0 Å². The minimum absolute atomic E-state index is 0.179. The fourth-order valence-electron chi connectivity index (χ4n) is 2.65. The van der Waals surface area contributed by atoms with E-state index in [-0.39, 0.29) is 24.9 Å². The molecule has 0 spiro atoms. The Morgan fingerprint density at radius 3 is 2.59 bits per heavy atom. The lowest BCUT2D eigenvalue weighted by Gasteiger charge is -2.22. The van der Waals surface area contributed by atoms with Crippen LogP contribution in [0.25, 0.3) is 0 Å². The summed E-state index contributed by atoms with van der Waals surface area (Å²) in [6.07, 6.45) is 2.50. The molecule has 1 heterocycles. The molecule has 0 aliphatic rings. The quantitative estimate of drug-likeness (QED) is 0.553. The number of furan rings is 1. The molecule has 0 saturated heterocycles. The second-order valence-electron chi connectivity index (χ2n) is 6.31. The van der Waals surface area contributed by atoms with E-state index in [1.807, 2.05) is 0 Å². The van der Waals surface area contributed by atoms with E-state index in [0.29, 0.717) is 22.0 Å². The molecule has 0 bridgehead atoms. The molecule has 9 heteroatoms. The molecule has 1 aromatic heterocycles. The number of benzene rings is 2. The van der Waals surface area contributed by atoms with Gasteiger partial charge >= 0.3 is 16.1 Å². The molecule has 7 nitrogen and oxygen atoms in total. The zero-order valence-corrected chi connectivity index (χ0v) is 17.1. The number of nitrogens with zero attached hydrogens (tertiary/aromatic N) is 1. The topological polar surface area (TPSA) is 88.9 Å². The molecule has 152 valence electrons. The van der Waals surface area contributed by atoms with Crippen molar-refractivity contribution in [3.63, 3.8) is 0 Å². The molecule has 0 unspecified atom stereocenters. The van der Waals surface area contributed by atoms with Crippen LogP contribution >= 0.6 is 11.6 Å². The highest BCUT2D eigenvalue weighted by molar-refractivity contribution is 7.86. The third kappa shape index (κ3) is 6.55. The maximum Gasteiger partial charge on any atom is 0.322 e. The number of carbonyl (C=O) groups is 1. The number of carbonyl (C=O) groups excluding carboxylic acids is 1. The highest BCUT2D eigenvalue weighted by Gasteiger charge is 2.17. The maximum atomic E-state index is 12.9. The lowest BCUT2D eigenvalue weighted by molar-refractivity contribution is 0.201. The highest BCUT2D eigenvalue weighted by atomic mass is 35.5. The van der Waals surface area contributed by atoms with Crippen molar-refractivity contribution in [3.8, 4) is 5.75 Å². The van der Waals surface area contributed by atoms with Gasteiger partial charge in [-0.2, -0.15) is 8.42 Å². The average Bonchev–Trinajstić information content (AvgIpc) is 3.13. The number of hydrogen-bond acceptors (Lipinski definition) is 5. The average molecular weight is 435 g/mol. The summed E-state index contributed by atoms with van der Waals surface area (Å²) in [4.78, 5) is 14.4. The van der Waals surface area contributed by atoms with E-state index < -0.39 is 10.1 Å². The van der Waals surface area contributed by atoms with Crippen molar-refractivity contribution < 1.29 is 21.8 Å². The molecular formula is C20H19ClN2O5S. The molecule has 3 aromatic rings. The fraction of sp³-hybridized carbons (Fsp3) is 0.150. The van der Waals surface area contributed by atoms with Crippen LogP contribution in [-0.2, 0) is 23.2 Å². The summed E-state index contributed by atoms with van der Waals surface area (Å²) in [7, 11) is -3.64. The van der Waals surface area contributed by atoms with Gasteiger partial charge in [0, 0.05) is 17.3 Å². The molecule has 2 amide bonds. The standard InChI is InChI=1S/C20H19ClN2O5S/c1-29(25,26)28-18-8-2-5-15(11-18)13-23(14-19-9-4-10-27-19)20(24)22-17-7-3-6-16(21)12-17/h2-12H,13-14H2,1H3,(H,22,24). The van der Waals surface area contributed by atoms with Crippen molar-refractivity contribution in [2.24, 2.45) is 0 Å². The largest absolute Gasteiger partial charge is 0.467 e. The van der Waals surface area contributed by atoms with Crippen molar-refractivity contribution in [2.75, 3.05) is 11.6 Å². The first-order chi connectivity index (χ1) is 13.8. The van der Waals surface area contributed by atoms with E-state index in [0.717, 1.165) is 6.26 Å². The number of rotatable bonds is 7. The maximum absolute atomic E-state index is 12.9. The fourth-order valence-corrected chi connectivity index (χ4v) is 3.29. The van der Waals surface area contributed by atoms with Crippen LogP contribution in [0, 0.1) is 0 Å². The van der Waals surface area contributed by atoms with Crippen molar-refractivity contribution in [3.05, 3.63) is 83.3 Å². The first kappa shape index (κ1) is 20.8. The first-order valence-electron chi connectivity index (χ1n) is 8.61. The van der Waals surface area contributed by atoms with E-state index in [2.05, 4.69) is 5.32 Å². The monoisotopic (exact) mass is 434 g/mol. The van der Waals surface area contributed by atoms with E-state index in [1.165, 1.54) is 17.2 Å². The third-order valence-electron chi connectivity index (χ3n) is 3.81. The minimum Gasteiger partial charge on any atom is -0.467 e. The molecule has 2 aromatic carbocycles. The molecule has 0 radical (unpaired) electrons. The Bertz CT molecular complexity index is 1080. The molecule has 3 rings (SSSR count). The molecule has 0 atom stereocenters. The van der Waals surface area contributed by atoms with Crippen LogP contribution in [0.1, 0.15) is 11.3 Å². The van der Waals surface area contributed by atoms with Gasteiger partial charge in [-0.3, -0.25) is 0 Å². The number of amides is 2. The summed E-state index contributed by atoms with van der Waals surface area (Å²) < 4.78 is 33.0. The van der Waals surface area contributed by atoms with Crippen molar-refractivity contribution in [2.45, 2.75) is 13.1 Å². The molecule has 1 N–H and O–H groups in total. The Morgan fingerprint density at radius 1 is 1.10 bits per heavy atom. The van der Waals surface area contributed by atoms with Crippen LogP contribution in [0.3, 0.4) is 0 Å². The molecular weight excluding hydrogens is 416 g/mol. The van der Waals surface area contributed by atoms with E-state index in [9.17, 15) is 13.2 Å². The van der Waals surface area contributed by atoms with Gasteiger partial charge in [0.05, 0.1) is 19.1 Å². The Labute approximate surface area is 174 Å². The summed E-state index contributed by atoms with van der Waals surface area (Å²) in [6, 6.07) is 16.5. The zero-order valence-electron chi connectivity index (χ0n) is 15.5. The van der Waals surface area contributed by atoms with E-state index in [4.69, 9.17) is 20.2 Å². The Morgan fingerprint density at radius 2 is 1.90 bits per heavy atom. The first-order valence-corrected chi connectivity index (χ1v) is 10.8. The number of halogens is 1. The van der Waals surface area contributed by atoms with Gasteiger partial charge in [0.1, 0.15) is 11.5 Å². The SMILES string of the molecule is CS(=O)(=O)Oc1cccc(CN(Cc2ccco2)C(=O)Nc2cccc(Cl)c2)c1. The van der Waals surface area contributed by atoms with Crippen LogP contribution < -0.4 is 9.50 Å². The number of anilines is 1. The van der Waals surface area contributed by atoms with Crippen LogP contribution in [0.4, 0.5) is 10.5 Å². The van der Waals surface area contributed by atoms with Gasteiger partial charge in [-0.05, 0) is 48.0 Å². The van der Waals surface area contributed by atoms with Crippen molar-refractivity contribution in [1.82, 2.24) is 4.90 Å². The molecule has 0 saturated carbocycles. The van der Waals surface area contributed by atoms with Crippen molar-refractivity contribution >= 4 is 33.4 Å².